The molecule has 0 aliphatic heterocycles. The molecule has 1 amide bonds. The molecule has 1 heterocycles. The van der Waals surface area contributed by atoms with E-state index in [0.29, 0.717) is 12.1 Å². The summed E-state index contributed by atoms with van der Waals surface area (Å²) in [6.45, 7) is 2.58. The molecule has 0 aliphatic carbocycles. The van der Waals surface area contributed by atoms with Crippen molar-refractivity contribution < 1.29 is 14.7 Å². The predicted octanol–water partition coefficient (Wildman–Crippen LogP) is 2.96. The van der Waals surface area contributed by atoms with Gasteiger partial charge in [-0.2, -0.15) is 0 Å². The number of likely N-dealkylation sites (N-methyl/N-ethyl adjacent to an activating group) is 1. The van der Waals surface area contributed by atoms with Crippen LogP contribution >= 0.6 is 11.3 Å². The van der Waals surface area contributed by atoms with Crippen molar-refractivity contribution in [1.29, 1.82) is 0 Å². The van der Waals surface area contributed by atoms with E-state index in [1.807, 2.05) is 19.1 Å². The Balaban J connectivity index is 2.05. The van der Waals surface area contributed by atoms with Crippen LogP contribution in [0.1, 0.15) is 25.7 Å². The lowest BCUT2D eigenvalue weighted by molar-refractivity contribution is -0.129. The normalized spacial score (nSPS) is 10.4. The largest absolute Gasteiger partial charge is 0.478 e. The highest BCUT2D eigenvalue weighted by Gasteiger charge is 2.15. The highest BCUT2D eigenvalue weighted by molar-refractivity contribution is 7.11. The summed E-state index contributed by atoms with van der Waals surface area (Å²) in [5.74, 6) is -1.09. The molecule has 0 radical (unpaired) electrons. The number of hydrogen-bond donors (Lipinski definition) is 1. The van der Waals surface area contributed by atoms with Gasteiger partial charge in [-0.15, -0.1) is 11.3 Å². The quantitative estimate of drug-likeness (QED) is 0.924. The highest BCUT2D eigenvalue weighted by Crippen LogP contribution is 2.17. The molecule has 0 fully saturated rings. The molecule has 4 nitrogen and oxygen atoms in total. The first-order valence-electron chi connectivity index (χ1n) is 6.58. The first-order valence-corrected chi connectivity index (χ1v) is 7.39. The SMILES string of the molecule is Cc1ccc(CN(C)C(=O)Cc2ccccc2C(=O)O)s1. The molecule has 0 aliphatic rings. The van der Waals surface area contributed by atoms with Gasteiger partial charge in [0.25, 0.3) is 0 Å². The zero-order chi connectivity index (χ0) is 15.4. The van der Waals surface area contributed by atoms with Gasteiger partial charge in [-0.25, -0.2) is 4.79 Å². The number of rotatable bonds is 5. The van der Waals surface area contributed by atoms with Gasteiger partial charge in [-0.3, -0.25) is 4.79 Å². The smallest absolute Gasteiger partial charge is 0.335 e. The summed E-state index contributed by atoms with van der Waals surface area (Å²) >= 11 is 1.66. The fourth-order valence-electron chi connectivity index (χ4n) is 2.07. The summed E-state index contributed by atoms with van der Waals surface area (Å²) in [5.41, 5.74) is 0.732. The molecule has 0 saturated carbocycles. The molecule has 1 N–H and O–H groups in total. The van der Waals surface area contributed by atoms with Crippen LogP contribution in [-0.4, -0.2) is 28.9 Å². The van der Waals surface area contributed by atoms with Crippen molar-refractivity contribution in [3.8, 4) is 0 Å². The summed E-state index contributed by atoms with van der Waals surface area (Å²) in [7, 11) is 1.74. The second-order valence-electron chi connectivity index (χ2n) is 4.90. The first-order chi connectivity index (χ1) is 9.97. The Hall–Kier alpha value is -2.14. The molecule has 0 saturated heterocycles. The van der Waals surface area contributed by atoms with Gasteiger partial charge in [0.15, 0.2) is 0 Å². The van der Waals surface area contributed by atoms with E-state index in [-0.39, 0.29) is 17.9 Å². The van der Waals surface area contributed by atoms with E-state index in [4.69, 9.17) is 5.11 Å². The van der Waals surface area contributed by atoms with Crippen LogP contribution in [0.2, 0.25) is 0 Å². The fraction of sp³-hybridized carbons (Fsp3) is 0.250. The van der Waals surface area contributed by atoms with Gasteiger partial charge in [0.1, 0.15) is 0 Å². The van der Waals surface area contributed by atoms with Gasteiger partial charge < -0.3 is 10.0 Å². The maximum atomic E-state index is 12.2. The van der Waals surface area contributed by atoms with E-state index in [2.05, 4.69) is 0 Å². The van der Waals surface area contributed by atoms with Gasteiger partial charge >= 0.3 is 5.97 Å². The third-order valence-electron chi connectivity index (χ3n) is 3.20. The standard InChI is InChI=1S/C16H17NO3S/c1-11-7-8-13(21-11)10-17(2)15(18)9-12-5-3-4-6-14(12)16(19)20/h3-8H,9-10H2,1-2H3,(H,19,20). The number of carbonyl (C=O) groups excluding carboxylic acids is 1. The number of carbonyl (C=O) groups is 2. The van der Waals surface area contributed by atoms with Crippen molar-refractivity contribution >= 4 is 23.2 Å². The maximum Gasteiger partial charge on any atom is 0.335 e. The average molecular weight is 303 g/mol. The number of carboxylic acid groups (broad SMARTS) is 1. The molecule has 21 heavy (non-hydrogen) atoms. The number of benzene rings is 1. The van der Waals surface area contributed by atoms with Gasteiger partial charge in [-0.05, 0) is 30.7 Å². The summed E-state index contributed by atoms with van der Waals surface area (Å²) in [4.78, 5) is 27.3. The Morgan fingerprint density at radius 3 is 2.52 bits per heavy atom. The lowest BCUT2D eigenvalue weighted by atomic mass is 10.0. The molecule has 1 aromatic heterocycles. The number of carboxylic acids is 1. The number of thiophene rings is 1. The van der Waals surface area contributed by atoms with Crippen LogP contribution in [-0.2, 0) is 17.8 Å². The second-order valence-corrected chi connectivity index (χ2v) is 6.27. The summed E-state index contributed by atoms with van der Waals surface area (Å²) in [5, 5.41) is 9.13. The van der Waals surface area contributed by atoms with Gasteiger partial charge in [-0.1, -0.05) is 18.2 Å². The molecule has 1 aromatic carbocycles. The molecule has 0 atom stereocenters. The molecule has 5 heteroatoms. The Labute approximate surface area is 127 Å². The Morgan fingerprint density at radius 1 is 1.19 bits per heavy atom. The van der Waals surface area contributed by atoms with E-state index >= 15 is 0 Å². The molecule has 2 rings (SSSR count). The summed E-state index contributed by atoms with van der Waals surface area (Å²) in [6.07, 6.45) is 0.101. The van der Waals surface area contributed by atoms with E-state index < -0.39 is 5.97 Å². The zero-order valence-electron chi connectivity index (χ0n) is 12.0. The molecule has 0 unspecified atom stereocenters. The molecule has 0 spiro atoms. The average Bonchev–Trinajstić information content (AvgIpc) is 2.84. The fourth-order valence-corrected chi connectivity index (χ4v) is 3.02. The Morgan fingerprint density at radius 2 is 1.90 bits per heavy atom. The van der Waals surface area contributed by atoms with Crippen LogP contribution in [0, 0.1) is 6.92 Å². The minimum Gasteiger partial charge on any atom is -0.478 e. The number of amides is 1. The topological polar surface area (TPSA) is 57.6 Å². The van der Waals surface area contributed by atoms with Crippen LogP contribution in [0.5, 0.6) is 0 Å². The van der Waals surface area contributed by atoms with Crippen LogP contribution in [0.25, 0.3) is 0 Å². The van der Waals surface area contributed by atoms with Crippen LogP contribution in [0.15, 0.2) is 36.4 Å². The van der Waals surface area contributed by atoms with Crippen molar-refractivity contribution in [2.75, 3.05) is 7.05 Å². The number of aromatic carboxylic acids is 1. The second kappa shape index (κ2) is 6.54. The minimum atomic E-state index is -1.00. The van der Waals surface area contributed by atoms with Crippen molar-refractivity contribution in [1.82, 2.24) is 4.90 Å². The molecule has 0 bridgehead atoms. The third kappa shape index (κ3) is 3.92. The van der Waals surface area contributed by atoms with Crippen molar-refractivity contribution in [3.05, 3.63) is 57.3 Å². The monoisotopic (exact) mass is 303 g/mol. The van der Waals surface area contributed by atoms with Crippen molar-refractivity contribution in [3.63, 3.8) is 0 Å². The van der Waals surface area contributed by atoms with Gasteiger partial charge in [0, 0.05) is 16.8 Å². The summed E-state index contributed by atoms with van der Waals surface area (Å²) < 4.78 is 0. The molecule has 2 aromatic rings. The predicted molar refractivity (Wildman–Crippen MR) is 82.6 cm³/mol. The Bertz CT molecular complexity index is 663. The molecule has 110 valence electrons. The van der Waals surface area contributed by atoms with E-state index in [1.54, 1.807) is 41.5 Å². The maximum absolute atomic E-state index is 12.2. The summed E-state index contributed by atoms with van der Waals surface area (Å²) in [6, 6.07) is 10.7. The molecular formula is C16H17NO3S. The minimum absolute atomic E-state index is 0.0882. The lowest BCUT2D eigenvalue weighted by Gasteiger charge is -2.17. The number of aryl methyl sites for hydroxylation is 1. The molecular weight excluding hydrogens is 286 g/mol. The van der Waals surface area contributed by atoms with Crippen LogP contribution < -0.4 is 0 Å². The van der Waals surface area contributed by atoms with Crippen molar-refractivity contribution in [2.24, 2.45) is 0 Å². The zero-order valence-corrected chi connectivity index (χ0v) is 12.8. The lowest BCUT2D eigenvalue weighted by Crippen LogP contribution is -2.28. The number of nitrogens with zero attached hydrogens (tertiary/aromatic N) is 1. The van der Waals surface area contributed by atoms with E-state index in [1.165, 1.54) is 10.9 Å². The highest BCUT2D eigenvalue weighted by atomic mass is 32.1. The third-order valence-corrected chi connectivity index (χ3v) is 4.19. The van der Waals surface area contributed by atoms with Crippen LogP contribution in [0.4, 0.5) is 0 Å². The van der Waals surface area contributed by atoms with Crippen LogP contribution in [0.3, 0.4) is 0 Å². The first kappa shape index (κ1) is 15.3. The van der Waals surface area contributed by atoms with E-state index in [9.17, 15) is 9.59 Å². The van der Waals surface area contributed by atoms with Crippen molar-refractivity contribution in [2.45, 2.75) is 19.9 Å². The van der Waals surface area contributed by atoms with Gasteiger partial charge in [0.2, 0.25) is 5.91 Å². The van der Waals surface area contributed by atoms with E-state index in [0.717, 1.165) is 4.88 Å². The Kier molecular flexibility index (Phi) is 4.75. The number of hydrogen-bond acceptors (Lipinski definition) is 3. The van der Waals surface area contributed by atoms with Gasteiger partial charge in [0.05, 0.1) is 18.5 Å².